The monoisotopic (exact) mass is 254 g/mol. The van der Waals surface area contributed by atoms with Gasteiger partial charge in [0, 0.05) is 37.4 Å². The van der Waals surface area contributed by atoms with Crippen molar-refractivity contribution in [2.45, 2.75) is 64.6 Å². The van der Waals surface area contributed by atoms with E-state index in [-0.39, 0.29) is 0 Å². The van der Waals surface area contributed by atoms with Crippen LogP contribution in [0.25, 0.3) is 0 Å². The number of piperidine rings is 1. The molecule has 3 heteroatoms. The zero-order chi connectivity index (χ0) is 13.2. The molecular formula is C15H30N2O. The normalized spacial score (nSPS) is 37.7. The van der Waals surface area contributed by atoms with E-state index >= 15 is 0 Å². The summed E-state index contributed by atoms with van der Waals surface area (Å²) in [5, 5.41) is 3.65. The highest BCUT2D eigenvalue weighted by atomic mass is 16.5. The van der Waals surface area contributed by atoms with Gasteiger partial charge < -0.3 is 10.1 Å². The number of nitrogens with one attached hydrogen (secondary N) is 1. The molecule has 1 N–H and O–H groups in total. The first kappa shape index (κ1) is 14.3. The molecule has 3 unspecified atom stereocenters. The molecule has 0 spiro atoms. The van der Waals surface area contributed by atoms with E-state index in [1.165, 1.54) is 25.8 Å². The summed E-state index contributed by atoms with van der Waals surface area (Å²) < 4.78 is 5.54. The molecule has 0 radical (unpaired) electrons. The fourth-order valence-electron chi connectivity index (χ4n) is 3.77. The number of likely N-dealkylation sites (tertiary alicyclic amines) is 1. The molecule has 18 heavy (non-hydrogen) atoms. The van der Waals surface area contributed by atoms with Crippen molar-refractivity contribution in [2.75, 3.05) is 26.3 Å². The van der Waals surface area contributed by atoms with Crippen LogP contribution < -0.4 is 5.32 Å². The van der Waals surface area contributed by atoms with E-state index in [2.05, 4.69) is 37.9 Å². The average Bonchev–Trinajstić information content (AvgIpc) is 2.36. The summed E-state index contributed by atoms with van der Waals surface area (Å²) in [5.41, 5.74) is 0.364. The van der Waals surface area contributed by atoms with E-state index < -0.39 is 0 Å². The van der Waals surface area contributed by atoms with Gasteiger partial charge >= 0.3 is 0 Å². The molecule has 0 aromatic carbocycles. The highest BCUT2D eigenvalue weighted by molar-refractivity contribution is 4.97. The second kappa shape index (κ2) is 5.89. The van der Waals surface area contributed by atoms with Gasteiger partial charge in [-0.15, -0.1) is 0 Å². The van der Waals surface area contributed by atoms with Crippen molar-refractivity contribution in [3.05, 3.63) is 0 Å². The van der Waals surface area contributed by atoms with Crippen LogP contribution in [0.15, 0.2) is 0 Å². The van der Waals surface area contributed by atoms with Crippen LogP contribution in [-0.2, 0) is 4.74 Å². The summed E-state index contributed by atoms with van der Waals surface area (Å²) in [7, 11) is 0. The molecular weight excluding hydrogens is 224 g/mol. The molecule has 2 aliphatic rings. The van der Waals surface area contributed by atoms with Crippen LogP contribution in [0.3, 0.4) is 0 Å². The first-order valence-corrected chi connectivity index (χ1v) is 7.66. The Hall–Kier alpha value is -0.120. The zero-order valence-corrected chi connectivity index (χ0v) is 12.5. The van der Waals surface area contributed by atoms with Crippen molar-refractivity contribution in [1.82, 2.24) is 10.2 Å². The van der Waals surface area contributed by atoms with E-state index in [0.717, 1.165) is 25.7 Å². The van der Waals surface area contributed by atoms with Gasteiger partial charge in [-0.05, 0) is 45.6 Å². The minimum Gasteiger partial charge on any atom is -0.381 e. The van der Waals surface area contributed by atoms with Gasteiger partial charge in [-0.3, -0.25) is 4.90 Å². The Morgan fingerprint density at radius 2 is 1.94 bits per heavy atom. The Kier molecular flexibility index (Phi) is 4.68. The lowest BCUT2D eigenvalue weighted by atomic mass is 9.80. The van der Waals surface area contributed by atoms with Crippen molar-refractivity contribution >= 4 is 0 Å². The predicted molar refractivity (Wildman–Crippen MR) is 75.9 cm³/mol. The van der Waals surface area contributed by atoms with Crippen molar-refractivity contribution in [3.8, 4) is 0 Å². The maximum Gasteiger partial charge on any atom is 0.0483 e. The molecule has 2 fully saturated rings. The molecule has 2 aliphatic heterocycles. The van der Waals surface area contributed by atoms with Crippen LogP contribution in [0.4, 0.5) is 0 Å². The van der Waals surface area contributed by atoms with Crippen molar-refractivity contribution in [2.24, 2.45) is 5.92 Å². The zero-order valence-electron chi connectivity index (χ0n) is 12.5. The summed E-state index contributed by atoms with van der Waals surface area (Å²) in [5.74, 6) is 0.735. The Morgan fingerprint density at radius 1 is 1.28 bits per heavy atom. The largest absolute Gasteiger partial charge is 0.381 e. The number of nitrogens with zero attached hydrogens (tertiary/aromatic N) is 1. The molecule has 0 bridgehead atoms. The number of ether oxygens (including phenoxy) is 1. The fourth-order valence-corrected chi connectivity index (χ4v) is 3.77. The lowest BCUT2D eigenvalue weighted by molar-refractivity contribution is -0.0643. The molecule has 0 aromatic rings. The Bertz CT molecular complexity index is 263. The van der Waals surface area contributed by atoms with Crippen LogP contribution in [-0.4, -0.2) is 48.8 Å². The Morgan fingerprint density at radius 3 is 2.56 bits per heavy atom. The maximum atomic E-state index is 5.54. The SMILES string of the molecule is CCNC1CCN(C2(C)CCOCC2)C(C)C1C. The molecule has 2 rings (SSSR count). The van der Waals surface area contributed by atoms with Gasteiger partial charge in [0.05, 0.1) is 0 Å². The average molecular weight is 254 g/mol. The van der Waals surface area contributed by atoms with E-state index in [1.807, 2.05) is 0 Å². The Balaban J connectivity index is 2.02. The molecule has 2 saturated heterocycles. The molecule has 0 saturated carbocycles. The summed E-state index contributed by atoms with van der Waals surface area (Å²) in [6, 6.07) is 1.37. The van der Waals surface area contributed by atoms with Crippen molar-refractivity contribution in [1.29, 1.82) is 0 Å². The molecule has 3 nitrogen and oxygen atoms in total. The van der Waals surface area contributed by atoms with E-state index in [0.29, 0.717) is 17.6 Å². The molecule has 2 heterocycles. The van der Waals surface area contributed by atoms with Crippen LogP contribution in [0, 0.1) is 5.92 Å². The minimum atomic E-state index is 0.364. The van der Waals surface area contributed by atoms with E-state index in [1.54, 1.807) is 0 Å². The van der Waals surface area contributed by atoms with Gasteiger partial charge in [0.2, 0.25) is 0 Å². The van der Waals surface area contributed by atoms with Crippen molar-refractivity contribution < 1.29 is 4.74 Å². The Labute approximate surface area is 112 Å². The number of rotatable bonds is 3. The number of hydrogen-bond donors (Lipinski definition) is 1. The van der Waals surface area contributed by atoms with Crippen LogP contribution >= 0.6 is 0 Å². The minimum absolute atomic E-state index is 0.364. The summed E-state index contributed by atoms with van der Waals surface area (Å²) in [6.45, 7) is 13.7. The van der Waals surface area contributed by atoms with Gasteiger partial charge in [0.15, 0.2) is 0 Å². The van der Waals surface area contributed by atoms with Gasteiger partial charge in [-0.25, -0.2) is 0 Å². The van der Waals surface area contributed by atoms with Gasteiger partial charge in [0.1, 0.15) is 0 Å². The van der Waals surface area contributed by atoms with Crippen molar-refractivity contribution in [3.63, 3.8) is 0 Å². The number of hydrogen-bond acceptors (Lipinski definition) is 3. The topological polar surface area (TPSA) is 24.5 Å². The fraction of sp³-hybridized carbons (Fsp3) is 1.00. The maximum absolute atomic E-state index is 5.54. The molecule has 106 valence electrons. The summed E-state index contributed by atoms with van der Waals surface area (Å²) in [6.07, 6.45) is 3.67. The quantitative estimate of drug-likeness (QED) is 0.836. The van der Waals surface area contributed by atoms with Gasteiger partial charge in [-0.1, -0.05) is 13.8 Å². The van der Waals surface area contributed by atoms with Crippen LogP contribution in [0.1, 0.15) is 47.0 Å². The third kappa shape index (κ3) is 2.73. The highest BCUT2D eigenvalue weighted by Crippen LogP contribution is 2.35. The molecule has 0 amide bonds. The molecule has 3 atom stereocenters. The molecule has 0 aliphatic carbocycles. The summed E-state index contributed by atoms with van der Waals surface area (Å²) in [4.78, 5) is 2.76. The smallest absolute Gasteiger partial charge is 0.0483 e. The lowest BCUT2D eigenvalue weighted by Gasteiger charge is -2.53. The third-order valence-corrected chi connectivity index (χ3v) is 5.30. The summed E-state index contributed by atoms with van der Waals surface area (Å²) >= 11 is 0. The second-order valence-corrected chi connectivity index (χ2v) is 6.36. The molecule has 0 aromatic heterocycles. The lowest BCUT2D eigenvalue weighted by Crippen LogP contribution is -2.61. The van der Waals surface area contributed by atoms with Gasteiger partial charge in [-0.2, -0.15) is 0 Å². The predicted octanol–water partition coefficient (Wildman–Crippen LogP) is 2.26. The van der Waals surface area contributed by atoms with E-state index in [9.17, 15) is 0 Å². The third-order valence-electron chi connectivity index (χ3n) is 5.30. The standard InChI is InChI=1S/C15H30N2O/c1-5-16-14-6-9-17(13(3)12(14)2)15(4)7-10-18-11-8-15/h12-14,16H,5-11H2,1-4H3. The second-order valence-electron chi connectivity index (χ2n) is 6.36. The van der Waals surface area contributed by atoms with E-state index in [4.69, 9.17) is 4.74 Å². The van der Waals surface area contributed by atoms with Crippen LogP contribution in [0.5, 0.6) is 0 Å². The van der Waals surface area contributed by atoms with Gasteiger partial charge in [0.25, 0.3) is 0 Å². The van der Waals surface area contributed by atoms with Crippen LogP contribution in [0.2, 0.25) is 0 Å². The first-order valence-electron chi connectivity index (χ1n) is 7.66. The first-order chi connectivity index (χ1) is 8.58. The highest BCUT2D eigenvalue weighted by Gasteiger charge is 2.42.